The molecule has 0 amide bonds. The number of nitrogens with one attached hydrogen (secondary N) is 1. The molecule has 8 nitrogen and oxygen atoms in total. The van der Waals surface area contributed by atoms with E-state index >= 15 is 0 Å². The molecule has 0 saturated carbocycles. The summed E-state index contributed by atoms with van der Waals surface area (Å²) in [6, 6.07) is 9.97. The van der Waals surface area contributed by atoms with E-state index in [-0.39, 0.29) is 5.69 Å². The van der Waals surface area contributed by atoms with E-state index in [0.717, 1.165) is 33.5 Å². The molecule has 1 aromatic carbocycles. The fourth-order valence-corrected chi connectivity index (χ4v) is 4.23. The van der Waals surface area contributed by atoms with Crippen LogP contribution in [0.25, 0.3) is 22.3 Å². The number of benzene rings is 1. The Bertz CT molecular complexity index is 1250. The second kappa shape index (κ2) is 6.78. The lowest BCUT2D eigenvalue weighted by Crippen LogP contribution is -2.14. The molecular weight excluding hydrogens is 388 g/mol. The molecule has 1 aliphatic heterocycles. The minimum absolute atomic E-state index is 0.0591. The summed E-state index contributed by atoms with van der Waals surface area (Å²) in [5.41, 5.74) is 3.74. The molecule has 0 saturated heterocycles. The van der Waals surface area contributed by atoms with Gasteiger partial charge in [-0.25, -0.2) is 19.7 Å². The Morgan fingerprint density at radius 3 is 2.86 bits per heavy atom. The first-order valence-corrected chi connectivity index (χ1v) is 9.87. The van der Waals surface area contributed by atoms with Crippen molar-refractivity contribution >= 4 is 39.2 Å². The summed E-state index contributed by atoms with van der Waals surface area (Å²) >= 11 is 1.32. The van der Waals surface area contributed by atoms with Crippen LogP contribution in [0, 0.1) is 0 Å². The van der Waals surface area contributed by atoms with Crippen molar-refractivity contribution < 1.29 is 9.90 Å². The molecule has 5 rings (SSSR count). The number of rotatable bonds is 4. The molecule has 1 aliphatic rings. The minimum atomic E-state index is -1.02. The van der Waals surface area contributed by atoms with E-state index in [1.54, 1.807) is 11.6 Å². The van der Waals surface area contributed by atoms with Crippen LogP contribution in [0.3, 0.4) is 0 Å². The van der Waals surface area contributed by atoms with Crippen LogP contribution in [0.2, 0.25) is 0 Å². The average molecular weight is 404 g/mol. The van der Waals surface area contributed by atoms with E-state index in [4.69, 9.17) is 15.1 Å². The van der Waals surface area contributed by atoms with Gasteiger partial charge in [-0.2, -0.15) is 0 Å². The lowest BCUT2D eigenvalue weighted by atomic mass is 10.1. The van der Waals surface area contributed by atoms with Crippen molar-refractivity contribution in [2.45, 2.75) is 13.1 Å². The third kappa shape index (κ3) is 3.05. The Balaban J connectivity index is 1.52. The van der Waals surface area contributed by atoms with Crippen molar-refractivity contribution in [3.05, 3.63) is 58.9 Å². The highest BCUT2D eigenvalue weighted by Gasteiger charge is 2.27. The van der Waals surface area contributed by atoms with Crippen LogP contribution in [0.1, 0.15) is 21.7 Å². The predicted molar refractivity (Wildman–Crippen MR) is 111 cm³/mol. The van der Waals surface area contributed by atoms with Gasteiger partial charge in [-0.1, -0.05) is 18.2 Å². The number of carboxylic acids is 1. The van der Waals surface area contributed by atoms with Gasteiger partial charge in [0.05, 0.1) is 24.3 Å². The summed E-state index contributed by atoms with van der Waals surface area (Å²) in [7, 11) is 1.83. The van der Waals surface area contributed by atoms with Crippen LogP contribution >= 0.6 is 11.3 Å². The number of anilines is 2. The highest BCUT2D eigenvalue weighted by molar-refractivity contribution is 7.13. The van der Waals surface area contributed by atoms with Crippen LogP contribution < -0.4 is 10.2 Å². The molecule has 9 heteroatoms. The number of carboxylic acid groups (broad SMARTS) is 1. The van der Waals surface area contributed by atoms with Crippen LogP contribution in [0.15, 0.2) is 41.9 Å². The van der Waals surface area contributed by atoms with E-state index in [9.17, 15) is 4.79 Å². The Kier molecular flexibility index (Phi) is 4.09. The fraction of sp³-hybridized carbons (Fsp3) is 0.150. The third-order valence-corrected chi connectivity index (χ3v) is 5.75. The largest absolute Gasteiger partial charge is 0.476 e. The molecule has 0 radical (unpaired) electrons. The van der Waals surface area contributed by atoms with Crippen molar-refractivity contribution in [1.82, 2.24) is 19.9 Å². The van der Waals surface area contributed by atoms with Crippen molar-refractivity contribution in [1.29, 1.82) is 0 Å². The first-order valence-electron chi connectivity index (χ1n) is 8.99. The summed E-state index contributed by atoms with van der Waals surface area (Å²) in [6.45, 7) is 1.13. The van der Waals surface area contributed by atoms with E-state index in [2.05, 4.69) is 15.3 Å². The number of nitrogens with zero attached hydrogens (tertiary/aromatic N) is 5. The standard InChI is InChI=1S/C20H16N6O2S/c1-21-18-13-8-26(20-24-16(10-29-20)19(27)28)9-15(13)23-17(25-18)12-6-11-4-2-3-5-14(11)22-7-12/h2-7,10H,8-9H2,1H3,(H,27,28)(H,21,23,25). The lowest BCUT2D eigenvalue weighted by Gasteiger charge is -2.12. The number of aromatic nitrogens is 4. The predicted octanol–water partition coefficient (Wildman–Crippen LogP) is 3.41. The van der Waals surface area contributed by atoms with Crippen molar-refractivity contribution in [2.75, 3.05) is 17.3 Å². The molecular formula is C20H16N6O2S. The maximum atomic E-state index is 11.1. The average Bonchev–Trinajstić information content (AvgIpc) is 3.39. The zero-order valence-electron chi connectivity index (χ0n) is 15.5. The number of hydrogen-bond donors (Lipinski definition) is 2. The molecule has 4 heterocycles. The number of pyridine rings is 1. The second-order valence-corrected chi connectivity index (χ2v) is 7.50. The fourth-order valence-electron chi connectivity index (χ4n) is 3.43. The molecule has 2 N–H and O–H groups in total. The van der Waals surface area contributed by atoms with Gasteiger partial charge in [0, 0.05) is 35.1 Å². The molecule has 144 valence electrons. The molecule has 4 aromatic rings. The number of fused-ring (bicyclic) bond motifs is 2. The van der Waals surface area contributed by atoms with Crippen LogP contribution in [-0.2, 0) is 13.1 Å². The number of aromatic carboxylic acids is 1. The number of hydrogen-bond acceptors (Lipinski definition) is 8. The van der Waals surface area contributed by atoms with Crippen molar-refractivity contribution in [3.8, 4) is 11.4 Å². The third-order valence-electron chi connectivity index (χ3n) is 4.85. The number of para-hydroxylation sites is 1. The van der Waals surface area contributed by atoms with Gasteiger partial charge in [-0.05, 0) is 12.1 Å². The molecule has 0 aliphatic carbocycles. The molecule has 3 aromatic heterocycles. The quantitative estimate of drug-likeness (QED) is 0.533. The first-order chi connectivity index (χ1) is 14.1. The van der Waals surface area contributed by atoms with Crippen LogP contribution in [-0.4, -0.2) is 38.1 Å². The summed E-state index contributed by atoms with van der Waals surface area (Å²) in [4.78, 5) is 31.4. The molecule has 0 spiro atoms. The Labute approximate surface area is 169 Å². The maximum Gasteiger partial charge on any atom is 0.355 e. The summed E-state index contributed by atoms with van der Waals surface area (Å²) < 4.78 is 0. The van der Waals surface area contributed by atoms with Crippen molar-refractivity contribution in [3.63, 3.8) is 0 Å². The Hall–Kier alpha value is -3.59. The first kappa shape index (κ1) is 17.5. The summed E-state index contributed by atoms with van der Waals surface area (Å²) in [6.07, 6.45) is 1.79. The van der Waals surface area contributed by atoms with Crippen LogP contribution in [0.4, 0.5) is 10.9 Å². The smallest absolute Gasteiger partial charge is 0.355 e. The van der Waals surface area contributed by atoms with Gasteiger partial charge >= 0.3 is 5.97 Å². The zero-order valence-corrected chi connectivity index (χ0v) is 16.3. The lowest BCUT2D eigenvalue weighted by molar-refractivity contribution is 0.0691. The highest BCUT2D eigenvalue weighted by Crippen LogP contribution is 2.34. The van der Waals surface area contributed by atoms with Crippen molar-refractivity contribution in [2.24, 2.45) is 0 Å². The molecule has 0 bridgehead atoms. The minimum Gasteiger partial charge on any atom is -0.476 e. The number of thiazole rings is 1. The van der Waals surface area contributed by atoms with E-state index in [1.165, 1.54) is 11.3 Å². The molecule has 0 atom stereocenters. The van der Waals surface area contributed by atoms with E-state index in [1.807, 2.05) is 42.3 Å². The molecule has 29 heavy (non-hydrogen) atoms. The highest BCUT2D eigenvalue weighted by atomic mass is 32.1. The number of carbonyl (C=O) groups is 1. The van der Waals surface area contributed by atoms with Gasteiger partial charge < -0.3 is 15.3 Å². The SMILES string of the molecule is CNc1nc(-c2cnc3ccccc3c2)nc2c1CN(c1nc(C(=O)O)cs1)C2. The second-order valence-electron chi connectivity index (χ2n) is 6.66. The normalized spacial score (nSPS) is 12.9. The monoisotopic (exact) mass is 404 g/mol. The maximum absolute atomic E-state index is 11.1. The molecule has 0 fully saturated rings. The Morgan fingerprint density at radius 2 is 2.07 bits per heavy atom. The van der Waals surface area contributed by atoms with Gasteiger partial charge in [-0.15, -0.1) is 11.3 Å². The van der Waals surface area contributed by atoms with Gasteiger partial charge in [-0.3, -0.25) is 4.98 Å². The van der Waals surface area contributed by atoms with Gasteiger partial charge in [0.2, 0.25) is 0 Å². The van der Waals surface area contributed by atoms with Gasteiger partial charge in [0.25, 0.3) is 0 Å². The van der Waals surface area contributed by atoms with Gasteiger partial charge in [0.15, 0.2) is 16.6 Å². The zero-order chi connectivity index (χ0) is 20.0. The van der Waals surface area contributed by atoms with E-state index in [0.29, 0.717) is 24.0 Å². The summed E-state index contributed by atoms with van der Waals surface area (Å²) in [5.74, 6) is 0.347. The van der Waals surface area contributed by atoms with E-state index < -0.39 is 5.97 Å². The topological polar surface area (TPSA) is 104 Å². The Morgan fingerprint density at radius 1 is 1.21 bits per heavy atom. The molecule has 0 unspecified atom stereocenters. The van der Waals surface area contributed by atoms with Crippen LogP contribution in [0.5, 0.6) is 0 Å². The van der Waals surface area contributed by atoms with Gasteiger partial charge in [0.1, 0.15) is 5.82 Å². The summed E-state index contributed by atoms with van der Waals surface area (Å²) in [5, 5.41) is 15.5.